The number of benzene rings is 2. The van der Waals surface area contributed by atoms with Crippen LogP contribution in [0.15, 0.2) is 53.0 Å². The monoisotopic (exact) mass is 351 g/mol. The first-order valence-corrected chi connectivity index (χ1v) is 8.10. The van der Waals surface area contributed by atoms with Gasteiger partial charge in [-0.05, 0) is 48.7 Å². The maximum Gasteiger partial charge on any atom is 0.0454 e. The molecule has 0 aromatic heterocycles. The Labute approximate surface area is 134 Å². The Kier molecular flexibility index (Phi) is 6.08. The summed E-state index contributed by atoms with van der Waals surface area (Å²) in [6.45, 7) is 3.16. The van der Waals surface area contributed by atoms with Crippen molar-refractivity contribution in [2.24, 2.45) is 0 Å². The molecule has 20 heavy (non-hydrogen) atoms. The molecule has 0 aliphatic heterocycles. The Morgan fingerprint density at radius 1 is 1.15 bits per heavy atom. The Balaban J connectivity index is 2.24. The second-order valence-electron chi connectivity index (χ2n) is 4.86. The number of halogens is 2. The molecule has 0 saturated heterocycles. The predicted molar refractivity (Wildman–Crippen MR) is 90.3 cm³/mol. The number of rotatable bonds is 6. The zero-order chi connectivity index (χ0) is 14.4. The first-order chi connectivity index (χ1) is 9.70. The summed E-state index contributed by atoms with van der Waals surface area (Å²) < 4.78 is 1.06. The van der Waals surface area contributed by atoms with Crippen molar-refractivity contribution >= 4 is 27.5 Å². The van der Waals surface area contributed by atoms with E-state index in [1.807, 2.05) is 18.2 Å². The van der Waals surface area contributed by atoms with Crippen molar-refractivity contribution in [3.8, 4) is 0 Å². The van der Waals surface area contributed by atoms with Crippen LogP contribution in [0.1, 0.15) is 30.5 Å². The average Bonchev–Trinajstić information content (AvgIpc) is 2.47. The highest BCUT2D eigenvalue weighted by atomic mass is 79.9. The van der Waals surface area contributed by atoms with Crippen molar-refractivity contribution in [3.63, 3.8) is 0 Å². The van der Waals surface area contributed by atoms with E-state index in [-0.39, 0.29) is 6.04 Å². The van der Waals surface area contributed by atoms with Crippen molar-refractivity contribution < 1.29 is 0 Å². The van der Waals surface area contributed by atoms with Crippen LogP contribution in [-0.4, -0.2) is 6.54 Å². The maximum atomic E-state index is 6.38. The smallest absolute Gasteiger partial charge is 0.0454 e. The molecular weight excluding hydrogens is 334 g/mol. The van der Waals surface area contributed by atoms with Crippen LogP contribution in [0.2, 0.25) is 5.02 Å². The standard InChI is InChI=1S/C17H19BrClN/c1-2-10-20-17(11-13-6-4-3-5-7-13)15-12-14(18)8-9-16(15)19/h3-9,12,17,20H,2,10-11H2,1H3. The molecule has 1 atom stereocenters. The summed E-state index contributed by atoms with van der Waals surface area (Å²) in [5.74, 6) is 0. The topological polar surface area (TPSA) is 12.0 Å². The average molecular weight is 353 g/mol. The summed E-state index contributed by atoms with van der Waals surface area (Å²) in [6, 6.07) is 16.8. The Hall–Kier alpha value is -0.830. The molecule has 2 aromatic rings. The van der Waals surface area contributed by atoms with E-state index in [4.69, 9.17) is 11.6 Å². The molecule has 0 saturated carbocycles. The van der Waals surface area contributed by atoms with E-state index in [1.165, 1.54) is 5.56 Å². The minimum Gasteiger partial charge on any atom is -0.310 e. The normalized spacial score (nSPS) is 12.3. The molecule has 0 aliphatic rings. The molecule has 2 rings (SSSR count). The van der Waals surface area contributed by atoms with Gasteiger partial charge >= 0.3 is 0 Å². The summed E-state index contributed by atoms with van der Waals surface area (Å²) in [6.07, 6.45) is 2.05. The quantitative estimate of drug-likeness (QED) is 0.735. The molecule has 0 heterocycles. The minimum atomic E-state index is 0.238. The van der Waals surface area contributed by atoms with Gasteiger partial charge in [0.1, 0.15) is 0 Å². The van der Waals surface area contributed by atoms with Crippen LogP contribution in [-0.2, 0) is 6.42 Å². The molecule has 0 bridgehead atoms. The summed E-state index contributed by atoms with van der Waals surface area (Å²) in [5.41, 5.74) is 2.47. The Bertz CT molecular complexity index is 542. The third kappa shape index (κ3) is 4.34. The predicted octanol–water partition coefficient (Wildman–Crippen LogP) is 5.39. The van der Waals surface area contributed by atoms with Crippen molar-refractivity contribution in [2.75, 3.05) is 6.54 Å². The molecule has 1 nitrogen and oxygen atoms in total. The highest BCUT2D eigenvalue weighted by Crippen LogP contribution is 2.28. The van der Waals surface area contributed by atoms with E-state index < -0.39 is 0 Å². The van der Waals surface area contributed by atoms with Crippen molar-refractivity contribution in [3.05, 3.63) is 69.2 Å². The SMILES string of the molecule is CCCNC(Cc1ccccc1)c1cc(Br)ccc1Cl. The fourth-order valence-electron chi connectivity index (χ4n) is 2.24. The van der Waals surface area contributed by atoms with Crippen LogP contribution < -0.4 is 5.32 Å². The van der Waals surface area contributed by atoms with E-state index in [9.17, 15) is 0 Å². The van der Waals surface area contributed by atoms with Gasteiger partial charge in [-0.2, -0.15) is 0 Å². The van der Waals surface area contributed by atoms with Gasteiger partial charge in [-0.3, -0.25) is 0 Å². The molecule has 106 valence electrons. The maximum absolute atomic E-state index is 6.38. The van der Waals surface area contributed by atoms with Crippen LogP contribution in [0.25, 0.3) is 0 Å². The molecule has 0 amide bonds. The van der Waals surface area contributed by atoms with E-state index >= 15 is 0 Å². The van der Waals surface area contributed by atoms with Crippen LogP contribution in [0.5, 0.6) is 0 Å². The number of hydrogen-bond donors (Lipinski definition) is 1. The van der Waals surface area contributed by atoms with Crippen LogP contribution in [0.4, 0.5) is 0 Å². The fourth-order valence-corrected chi connectivity index (χ4v) is 2.87. The van der Waals surface area contributed by atoms with Crippen LogP contribution in [0.3, 0.4) is 0 Å². The summed E-state index contributed by atoms with van der Waals surface area (Å²) in [7, 11) is 0. The minimum absolute atomic E-state index is 0.238. The van der Waals surface area contributed by atoms with E-state index in [2.05, 4.69) is 58.5 Å². The van der Waals surface area contributed by atoms with Gasteiger partial charge < -0.3 is 5.32 Å². The summed E-state index contributed by atoms with van der Waals surface area (Å²) >= 11 is 9.91. The van der Waals surface area contributed by atoms with Gasteiger partial charge in [-0.25, -0.2) is 0 Å². The van der Waals surface area contributed by atoms with E-state index in [0.717, 1.165) is 34.4 Å². The van der Waals surface area contributed by atoms with Crippen molar-refractivity contribution in [1.29, 1.82) is 0 Å². The lowest BCUT2D eigenvalue weighted by Gasteiger charge is -2.20. The molecule has 3 heteroatoms. The van der Waals surface area contributed by atoms with Gasteiger partial charge in [-0.15, -0.1) is 0 Å². The van der Waals surface area contributed by atoms with Gasteiger partial charge in [0.2, 0.25) is 0 Å². The Morgan fingerprint density at radius 2 is 1.90 bits per heavy atom. The summed E-state index contributed by atoms with van der Waals surface area (Å²) in [4.78, 5) is 0. The number of nitrogens with one attached hydrogen (secondary N) is 1. The number of hydrogen-bond acceptors (Lipinski definition) is 1. The zero-order valence-corrected chi connectivity index (χ0v) is 13.9. The van der Waals surface area contributed by atoms with Gasteiger partial charge in [0.05, 0.1) is 0 Å². The lowest BCUT2D eigenvalue weighted by atomic mass is 9.98. The zero-order valence-electron chi connectivity index (χ0n) is 11.6. The van der Waals surface area contributed by atoms with Gasteiger partial charge in [0, 0.05) is 15.5 Å². The van der Waals surface area contributed by atoms with E-state index in [1.54, 1.807) is 0 Å². The van der Waals surface area contributed by atoms with Crippen LogP contribution >= 0.6 is 27.5 Å². The molecule has 0 spiro atoms. The van der Waals surface area contributed by atoms with Gasteiger partial charge in [-0.1, -0.05) is 64.8 Å². The lowest BCUT2D eigenvalue weighted by molar-refractivity contribution is 0.529. The van der Waals surface area contributed by atoms with Crippen molar-refractivity contribution in [2.45, 2.75) is 25.8 Å². The molecule has 1 unspecified atom stereocenters. The lowest BCUT2D eigenvalue weighted by Crippen LogP contribution is -2.24. The molecule has 1 N–H and O–H groups in total. The highest BCUT2D eigenvalue weighted by Gasteiger charge is 2.15. The van der Waals surface area contributed by atoms with E-state index in [0.29, 0.717) is 0 Å². The molecule has 0 radical (unpaired) electrons. The van der Waals surface area contributed by atoms with Gasteiger partial charge in [0.15, 0.2) is 0 Å². The molecule has 2 aromatic carbocycles. The molecule has 0 fully saturated rings. The second kappa shape index (κ2) is 7.82. The first-order valence-electron chi connectivity index (χ1n) is 6.93. The van der Waals surface area contributed by atoms with Crippen molar-refractivity contribution in [1.82, 2.24) is 5.32 Å². The Morgan fingerprint density at radius 3 is 2.60 bits per heavy atom. The molecule has 0 aliphatic carbocycles. The second-order valence-corrected chi connectivity index (χ2v) is 6.19. The first kappa shape index (κ1) is 15.6. The summed E-state index contributed by atoms with van der Waals surface area (Å²) in [5, 5.41) is 4.41. The highest BCUT2D eigenvalue weighted by molar-refractivity contribution is 9.10. The third-order valence-electron chi connectivity index (χ3n) is 3.26. The largest absolute Gasteiger partial charge is 0.310 e. The fraction of sp³-hybridized carbons (Fsp3) is 0.294. The third-order valence-corrected chi connectivity index (χ3v) is 4.09. The molecular formula is C17H19BrClN. The van der Waals surface area contributed by atoms with Crippen LogP contribution in [0, 0.1) is 0 Å². The van der Waals surface area contributed by atoms with Gasteiger partial charge in [0.25, 0.3) is 0 Å².